The van der Waals surface area contributed by atoms with Gasteiger partial charge in [0.25, 0.3) is 17.5 Å². The molecule has 1 aliphatic rings. The first kappa shape index (κ1) is 24.1. The number of amides is 4. The molecule has 1 aliphatic heterocycles. The first-order valence-corrected chi connectivity index (χ1v) is 12.0. The van der Waals surface area contributed by atoms with Crippen molar-refractivity contribution in [2.45, 2.75) is 13.5 Å². The molecule has 0 bridgehead atoms. The molecular formula is C27H19BrN4O5. The van der Waals surface area contributed by atoms with Gasteiger partial charge in [0.05, 0.1) is 10.6 Å². The minimum atomic E-state index is -0.811. The molecule has 0 saturated carbocycles. The van der Waals surface area contributed by atoms with Crippen LogP contribution in [0, 0.1) is 17.0 Å². The van der Waals surface area contributed by atoms with E-state index in [0.29, 0.717) is 17.8 Å². The van der Waals surface area contributed by atoms with Crippen molar-refractivity contribution in [2.75, 3.05) is 4.90 Å². The summed E-state index contributed by atoms with van der Waals surface area (Å²) in [7, 11) is 0. The van der Waals surface area contributed by atoms with E-state index in [4.69, 9.17) is 0 Å². The molecule has 3 aromatic carbocycles. The van der Waals surface area contributed by atoms with Crippen molar-refractivity contribution in [3.8, 4) is 0 Å². The molecule has 1 saturated heterocycles. The van der Waals surface area contributed by atoms with Gasteiger partial charge < -0.3 is 4.57 Å². The van der Waals surface area contributed by atoms with E-state index < -0.39 is 22.8 Å². The average molecular weight is 559 g/mol. The lowest BCUT2D eigenvalue weighted by Crippen LogP contribution is -2.54. The monoisotopic (exact) mass is 558 g/mol. The number of benzene rings is 3. The van der Waals surface area contributed by atoms with Crippen molar-refractivity contribution >= 4 is 62.1 Å². The molecular weight excluding hydrogens is 540 g/mol. The number of barbiturate groups is 1. The second-order valence-corrected chi connectivity index (χ2v) is 9.40. The van der Waals surface area contributed by atoms with Gasteiger partial charge in [-0.3, -0.25) is 25.0 Å². The molecule has 10 heteroatoms. The summed E-state index contributed by atoms with van der Waals surface area (Å²) in [5.41, 5.74) is 3.34. The van der Waals surface area contributed by atoms with Gasteiger partial charge in [0.2, 0.25) is 0 Å². The number of halogens is 1. The number of anilines is 1. The third kappa shape index (κ3) is 4.54. The number of aryl methyl sites for hydroxylation is 1. The molecule has 5 rings (SSSR count). The second kappa shape index (κ2) is 9.47. The van der Waals surface area contributed by atoms with Gasteiger partial charge in [0.15, 0.2) is 0 Å². The average Bonchev–Trinajstić information content (AvgIpc) is 3.21. The van der Waals surface area contributed by atoms with Crippen molar-refractivity contribution in [1.82, 2.24) is 9.88 Å². The minimum Gasteiger partial charge on any atom is -0.342 e. The van der Waals surface area contributed by atoms with E-state index in [1.807, 2.05) is 42.0 Å². The number of nitro benzene ring substituents is 1. The van der Waals surface area contributed by atoms with Gasteiger partial charge in [-0.1, -0.05) is 46.3 Å². The molecule has 0 unspecified atom stereocenters. The smallest absolute Gasteiger partial charge is 0.335 e. The number of fused-ring (bicyclic) bond motifs is 1. The number of para-hydroxylation sites is 1. The second-order valence-electron chi connectivity index (χ2n) is 8.54. The fourth-order valence-corrected chi connectivity index (χ4v) is 4.50. The number of nitrogens with one attached hydrogen (secondary N) is 1. The van der Waals surface area contributed by atoms with Crippen molar-refractivity contribution in [2.24, 2.45) is 0 Å². The number of non-ortho nitro benzene ring substituents is 1. The summed E-state index contributed by atoms with van der Waals surface area (Å²) in [6.45, 7) is 2.26. The van der Waals surface area contributed by atoms with Crippen LogP contribution < -0.4 is 10.2 Å². The lowest BCUT2D eigenvalue weighted by Gasteiger charge is -2.26. The Morgan fingerprint density at radius 3 is 2.46 bits per heavy atom. The maximum atomic E-state index is 13.4. The molecule has 9 nitrogen and oxygen atoms in total. The quantitative estimate of drug-likeness (QED) is 0.154. The van der Waals surface area contributed by atoms with E-state index in [1.165, 1.54) is 18.2 Å². The Bertz CT molecular complexity index is 1640. The highest BCUT2D eigenvalue weighted by Gasteiger charge is 2.37. The third-order valence-corrected chi connectivity index (χ3v) is 7.01. The summed E-state index contributed by atoms with van der Waals surface area (Å²) < 4.78 is 2.77. The van der Waals surface area contributed by atoms with Crippen molar-refractivity contribution in [3.05, 3.63) is 110 Å². The normalized spacial score (nSPS) is 14.9. The largest absolute Gasteiger partial charge is 0.342 e. The topological polar surface area (TPSA) is 115 Å². The number of hydrogen-bond acceptors (Lipinski definition) is 5. The molecule has 1 N–H and O–H groups in total. The van der Waals surface area contributed by atoms with Crippen LogP contribution in [0.2, 0.25) is 0 Å². The molecule has 2 heterocycles. The zero-order chi connectivity index (χ0) is 26.3. The number of carbonyl (C=O) groups is 3. The van der Waals surface area contributed by atoms with Crippen molar-refractivity contribution in [1.29, 1.82) is 0 Å². The highest BCUT2D eigenvalue weighted by molar-refractivity contribution is 9.10. The summed E-state index contributed by atoms with van der Waals surface area (Å²) in [4.78, 5) is 50.1. The molecule has 0 atom stereocenters. The third-order valence-electron chi connectivity index (χ3n) is 6.12. The lowest BCUT2D eigenvalue weighted by atomic mass is 10.1. The maximum absolute atomic E-state index is 13.4. The van der Waals surface area contributed by atoms with Gasteiger partial charge in [-0.25, -0.2) is 9.69 Å². The summed E-state index contributed by atoms with van der Waals surface area (Å²) in [5, 5.41) is 14.0. The van der Waals surface area contributed by atoms with Crippen LogP contribution in [0.1, 0.15) is 16.7 Å². The Morgan fingerprint density at radius 2 is 1.76 bits per heavy atom. The summed E-state index contributed by atoms with van der Waals surface area (Å²) >= 11 is 3.41. The van der Waals surface area contributed by atoms with Gasteiger partial charge in [0.1, 0.15) is 5.57 Å². The zero-order valence-corrected chi connectivity index (χ0v) is 21.1. The van der Waals surface area contributed by atoms with Crippen molar-refractivity contribution < 1.29 is 19.3 Å². The number of hydrogen-bond donors (Lipinski definition) is 1. The fourth-order valence-electron chi connectivity index (χ4n) is 4.26. The zero-order valence-electron chi connectivity index (χ0n) is 19.5. The Kier molecular flexibility index (Phi) is 6.18. The highest BCUT2D eigenvalue weighted by atomic mass is 79.9. The molecule has 1 aromatic heterocycles. The van der Waals surface area contributed by atoms with Crippen LogP contribution in [0.5, 0.6) is 0 Å². The molecule has 4 aromatic rings. The minimum absolute atomic E-state index is 0.00780. The van der Waals surface area contributed by atoms with Crippen LogP contribution in [0.3, 0.4) is 0 Å². The van der Waals surface area contributed by atoms with E-state index in [-0.39, 0.29) is 11.3 Å². The molecule has 0 spiro atoms. The molecule has 1 fully saturated rings. The predicted octanol–water partition coefficient (Wildman–Crippen LogP) is 5.34. The number of rotatable bonds is 5. The highest BCUT2D eigenvalue weighted by Crippen LogP contribution is 2.29. The van der Waals surface area contributed by atoms with Gasteiger partial charge in [0, 0.05) is 45.8 Å². The Balaban J connectivity index is 1.54. The van der Waals surface area contributed by atoms with E-state index in [1.54, 1.807) is 30.3 Å². The van der Waals surface area contributed by atoms with Crippen LogP contribution in [-0.2, 0) is 16.1 Å². The number of nitro groups is 1. The standard InChI is InChI=1S/C27H19BrN4O5/c1-16-12-20(10-11-23(16)28)31-26(34)22(25(33)29-27(31)35)13-18-15-30(24-5-3-2-4-21(18)24)14-17-6-8-19(9-7-17)32(36)37/h2-13,15H,14H2,1H3,(H,29,33,35)/b22-13+. The number of urea groups is 1. The van der Waals surface area contributed by atoms with Gasteiger partial charge >= 0.3 is 6.03 Å². The first-order chi connectivity index (χ1) is 17.7. The van der Waals surface area contributed by atoms with E-state index in [2.05, 4.69) is 21.2 Å². The molecule has 37 heavy (non-hydrogen) atoms. The van der Waals surface area contributed by atoms with E-state index >= 15 is 0 Å². The summed E-state index contributed by atoms with van der Waals surface area (Å²) in [6, 6.07) is 18.0. The van der Waals surface area contributed by atoms with Crippen LogP contribution in [-0.4, -0.2) is 27.3 Å². The summed E-state index contributed by atoms with van der Waals surface area (Å²) in [5.74, 6) is -1.49. The Morgan fingerprint density at radius 1 is 1.03 bits per heavy atom. The summed E-state index contributed by atoms with van der Waals surface area (Å²) in [6.07, 6.45) is 3.29. The first-order valence-electron chi connectivity index (χ1n) is 11.2. The molecule has 184 valence electrons. The number of aromatic nitrogens is 1. The molecule has 0 radical (unpaired) electrons. The lowest BCUT2D eigenvalue weighted by molar-refractivity contribution is -0.384. The Hall–Kier alpha value is -4.57. The van der Waals surface area contributed by atoms with Gasteiger partial charge in [-0.05, 0) is 48.4 Å². The SMILES string of the molecule is Cc1cc(N2C(=O)NC(=O)/C(=C\c3cn(Cc4ccc([N+](=O)[O-])cc4)c4ccccc34)C2=O)ccc1Br. The van der Waals surface area contributed by atoms with Crippen LogP contribution >= 0.6 is 15.9 Å². The predicted molar refractivity (Wildman–Crippen MR) is 142 cm³/mol. The van der Waals surface area contributed by atoms with Gasteiger partial charge in [-0.15, -0.1) is 0 Å². The van der Waals surface area contributed by atoms with Crippen molar-refractivity contribution in [3.63, 3.8) is 0 Å². The van der Waals surface area contributed by atoms with Gasteiger partial charge in [-0.2, -0.15) is 0 Å². The number of carbonyl (C=O) groups excluding carboxylic acids is 3. The molecule has 4 amide bonds. The number of nitrogens with zero attached hydrogens (tertiary/aromatic N) is 3. The fraction of sp³-hybridized carbons (Fsp3) is 0.0741. The van der Waals surface area contributed by atoms with E-state index in [0.717, 1.165) is 31.4 Å². The van der Waals surface area contributed by atoms with Crippen LogP contribution in [0.4, 0.5) is 16.2 Å². The van der Waals surface area contributed by atoms with Crippen LogP contribution in [0.15, 0.2) is 83.0 Å². The Labute approximate surface area is 219 Å². The number of imide groups is 2. The van der Waals surface area contributed by atoms with Crippen LogP contribution in [0.25, 0.3) is 17.0 Å². The molecule has 0 aliphatic carbocycles. The maximum Gasteiger partial charge on any atom is 0.335 e. The van der Waals surface area contributed by atoms with E-state index in [9.17, 15) is 24.5 Å².